The molecule has 2 saturated heterocycles. The third-order valence-electron chi connectivity index (χ3n) is 5.43. The van der Waals surface area contributed by atoms with Crippen molar-refractivity contribution in [2.24, 2.45) is 4.99 Å². The Morgan fingerprint density at radius 2 is 1.93 bits per heavy atom. The number of nitrogens with zero attached hydrogens (tertiary/aromatic N) is 2. The van der Waals surface area contributed by atoms with Gasteiger partial charge in [-0.1, -0.05) is 30.3 Å². The Labute approximate surface area is 185 Å². The zero-order valence-electron chi connectivity index (χ0n) is 16.9. The maximum atomic E-state index is 5.67. The van der Waals surface area contributed by atoms with Gasteiger partial charge in [-0.25, -0.2) is 0 Å². The Bertz CT molecular complexity index is 603. The Kier molecular flexibility index (Phi) is 8.74. The van der Waals surface area contributed by atoms with Crippen LogP contribution >= 0.6 is 35.7 Å². The summed E-state index contributed by atoms with van der Waals surface area (Å²) in [5.74, 6) is 2.23. The molecule has 0 aromatic heterocycles. The van der Waals surface area contributed by atoms with Crippen molar-refractivity contribution in [3.05, 3.63) is 35.9 Å². The van der Waals surface area contributed by atoms with E-state index in [0.29, 0.717) is 0 Å². The van der Waals surface area contributed by atoms with E-state index in [1.165, 1.54) is 5.56 Å². The lowest BCUT2D eigenvalue weighted by Gasteiger charge is -2.40. The minimum atomic E-state index is 0. The number of nitrogens with one attached hydrogen (secondary N) is 1. The summed E-state index contributed by atoms with van der Waals surface area (Å²) in [7, 11) is 0. The maximum Gasteiger partial charge on any atom is 0.194 e. The van der Waals surface area contributed by atoms with Gasteiger partial charge < -0.3 is 15.0 Å². The monoisotopic (exact) mass is 503 g/mol. The number of hydrogen-bond donors (Lipinski definition) is 1. The highest BCUT2D eigenvalue weighted by atomic mass is 127. The van der Waals surface area contributed by atoms with E-state index in [1.54, 1.807) is 0 Å². The molecule has 0 atom stereocenters. The number of thioether (sulfide) groups is 1. The number of aliphatic imine (C=N–C) groups is 1. The van der Waals surface area contributed by atoms with Crippen molar-refractivity contribution in [1.29, 1.82) is 0 Å². The predicted octanol–water partition coefficient (Wildman–Crippen LogP) is 4.15. The molecule has 0 radical (unpaired) electrons. The van der Waals surface area contributed by atoms with E-state index in [4.69, 9.17) is 9.73 Å². The van der Waals surface area contributed by atoms with Gasteiger partial charge in [-0.05, 0) is 39.2 Å². The third kappa shape index (κ3) is 6.00. The quantitative estimate of drug-likeness (QED) is 0.381. The normalized spacial score (nSPS) is 22.0. The third-order valence-corrected chi connectivity index (χ3v) is 6.72. The number of hydrogen-bond acceptors (Lipinski definition) is 3. The molecule has 1 aromatic rings. The van der Waals surface area contributed by atoms with Gasteiger partial charge in [0.1, 0.15) is 0 Å². The molecule has 2 aliphatic heterocycles. The van der Waals surface area contributed by atoms with E-state index in [1.807, 2.05) is 0 Å². The summed E-state index contributed by atoms with van der Waals surface area (Å²) >= 11 is 2.06. The zero-order valence-corrected chi connectivity index (χ0v) is 20.0. The van der Waals surface area contributed by atoms with Crippen molar-refractivity contribution >= 4 is 41.7 Å². The average molecular weight is 503 g/mol. The number of rotatable bonds is 4. The molecule has 1 N–H and O–H groups in total. The zero-order chi connectivity index (χ0) is 18.5. The minimum Gasteiger partial charge on any atom is -0.381 e. The highest BCUT2D eigenvalue weighted by Gasteiger charge is 2.35. The first-order chi connectivity index (χ1) is 12.5. The molecule has 2 heterocycles. The van der Waals surface area contributed by atoms with Crippen molar-refractivity contribution in [1.82, 2.24) is 10.2 Å². The smallest absolute Gasteiger partial charge is 0.194 e. The molecule has 0 spiro atoms. The molecule has 1 aromatic carbocycles. The SMILES string of the molecule is CCNC(=NCC1(c2ccccc2)CCOCC1)N1CCSC(C)(C)C1.I. The van der Waals surface area contributed by atoms with Gasteiger partial charge in [0, 0.05) is 48.8 Å². The van der Waals surface area contributed by atoms with Gasteiger partial charge in [0.25, 0.3) is 0 Å². The summed E-state index contributed by atoms with van der Waals surface area (Å²) in [4.78, 5) is 7.58. The van der Waals surface area contributed by atoms with Crippen molar-refractivity contribution in [2.45, 2.75) is 43.8 Å². The molecule has 0 saturated carbocycles. The summed E-state index contributed by atoms with van der Waals surface area (Å²) in [6.07, 6.45) is 2.09. The molecule has 2 fully saturated rings. The van der Waals surface area contributed by atoms with Crippen molar-refractivity contribution in [3.8, 4) is 0 Å². The highest BCUT2D eigenvalue weighted by Crippen LogP contribution is 2.35. The predicted molar refractivity (Wildman–Crippen MR) is 128 cm³/mol. The number of benzene rings is 1. The molecule has 6 heteroatoms. The van der Waals surface area contributed by atoms with Crippen LogP contribution in [0, 0.1) is 0 Å². The highest BCUT2D eigenvalue weighted by molar-refractivity contribution is 14.0. The van der Waals surface area contributed by atoms with Crippen LogP contribution < -0.4 is 5.32 Å². The van der Waals surface area contributed by atoms with Crippen molar-refractivity contribution in [2.75, 3.05) is 45.1 Å². The molecular formula is C21H34IN3OS. The Morgan fingerprint density at radius 1 is 1.22 bits per heavy atom. The van der Waals surface area contributed by atoms with Crippen molar-refractivity contribution in [3.63, 3.8) is 0 Å². The average Bonchev–Trinajstić information content (AvgIpc) is 2.66. The molecule has 0 aliphatic carbocycles. The topological polar surface area (TPSA) is 36.9 Å². The number of halogens is 1. The van der Waals surface area contributed by atoms with E-state index in [0.717, 1.165) is 63.9 Å². The molecule has 2 aliphatic rings. The van der Waals surface area contributed by atoms with Crippen LogP contribution in [0.1, 0.15) is 39.2 Å². The fourth-order valence-corrected chi connectivity index (χ4v) is 5.05. The van der Waals surface area contributed by atoms with E-state index in [9.17, 15) is 0 Å². The first-order valence-electron chi connectivity index (χ1n) is 9.85. The van der Waals surface area contributed by atoms with Crippen LogP contribution in [0.3, 0.4) is 0 Å². The lowest BCUT2D eigenvalue weighted by atomic mass is 9.74. The summed E-state index contributed by atoms with van der Waals surface area (Å²) < 4.78 is 5.95. The second-order valence-corrected chi connectivity index (χ2v) is 9.76. The standard InChI is InChI=1S/C21H33N3OS.HI/c1-4-22-19(24-12-15-26-20(2,3)17-24)23-16-21(10-13-25-14-11-21)18-8-6-5-7-9-18;/h5-9H,4,10-17H2,1-3H3,(H,22,23);1H. The van der Waals surface area contributed by atoms with Gasteiger partial charge in [-0.2, -0.15) is 11.8 Å². The molecule has 0 amide bonds. The van der Waals surface area contributed by atoms with Crippen LogP contribution in [-0.4, -0.2) is 60.8 Å². The van der Waals surface area contributed by atoms with Gasteiger partial charge in [0.05, 0.1) is 6.54 Å². The largest absolute Gasteiger partial charge is 0.381 e. The van der Waals surface area contributed by atoms with E-state index >= 15 is 0 Å². The van der Waals surface area contributed by atoms with Crippen LogP contribution in [0.15, 0.2) is 35.3 Å². The van der Waals surface area contributed by atoms with Gasteiger partial charge >= 0.3 is 0 Å². The molecule has 152 valence electrons. The fourth-order valence-electron chi connectivity index (χ4n) is 3.94. The first-order valence-corrected chi connectivity index (χ1v) is 10.8. The molecule has 0 unspecified atom stereocenters. The van der Waals surface area contributed by atoms with E-state index in [-0.39, 0.29) is 34.1 Å². The molecule has 0 bridgehead atoms. The summed E-state index contributed by atoms with van der Waals surface area (Å²) in [6.45, 7) is 12.3. The molecule has 3 rings (SSSR count). The first kappa shape index (κ1) is 22.8. The second-order valence-electron chi connectivity index (χ2n) is 7.96. The second kappa shape index (κ2) is 10.3. The van der Waals surface area contributed by atoms with Gasteiger partial charge in [0.2, 0.25) is 0 Å². The Balaban J connectivity index is 0.00000261. The lowest BCUT2D eigenvalue weighted by molar-refractivity contribution is 0.0530. The maximum absolute atomic E-state index is 5.67. The van der Waals surface area contributed by atoms with E-state index in [2.05, 4.69) is 73.1 Å². The summed E-state index contributed by atoms with van der Waals surface area (Å²) in [5.41, 5.74) is 1.50. The number of ether oxygens (including phenoxy) is 1. The van der Waals surface area contributed by atoms with Gasteiger partial charge in [-0.3, -0.25) is 4.99 Å². The molecule has 4 nitrogen and oxygen atoms in total. The Hall–Kier alpha value is -0.470. The Morgan fingerprint density at radius 3 is 2.56 bits per heavy atom. The fraction of sp³-hybridized carbons (Fsp3) is 0.667. The van der Waals surface area contributed by atoms with Gasteiger partial charge in [0.15, 0.2) is 5.96 Å². The minimum absolute atomic E-state index is 0. The van der Waals surface area contributed by atoms with Gasteiger partial charge in [-0.15, -0.1) is 24.0 Å². The van der Waals surface area contributed by atoms with Crippen LogP contribution in [0.4, 0.5) is 0 Å². The molecule has 27 heavy (non-hydrogen) atoms. The summed E-state index contributed by atoms with van der Waals surface area (Å²) in [6, 6.07) is 10.9. The van der Waals surface area contributed by atoms with Crippen LogP contribution in [0.2, 0.25) is 0 Å². The molecular weight excluding hydrogens is 469 g/mol. The van der Waals surface area contributed by atoms with Crippen LogP contribution in [0.5, 0.6) is 0 Å². The van der Waals surface area contributed by atoms with E-state index < -0.39 is 0 Å². The van der Waals surface area contributed by atoms with Crippen molar-refractivity contribution < 1.29 is 4.74 Å². The summed E-state index contributed by atoms with van der Waals surface area (Å²) in [5, 5.41) is 3.53. The lowest BCUT2D eigenvalue weighted by Crippen LogP contribution is -2.51. The number of guanidine groups is 1. The van der Waals surface area contributed by atoms with Crippen LogP contribution in [-0.2, 0) is 10.2 Å². The van der Waals surface area contributed by atoms with Crippen LogP contribution in [0.25, 0.3) is 0 Å².